The number of amides is 1. The predicted octanol–water partition coefficient (Wildman–Crippen LogP) is 1.56. The van der Waals surface area contributed by atoms with E-state index in [9.17, 15) is 14.7 Å². The lowest BCUT2D eigenvalue weighted by Gasteiger charge is -2.26. The van der Waals surface area contributed by atoms with E-state index in [-0.39, 0.29) is 12.3 Å². The van der Waals surface area contributed by atoms with Gasteiger partial charge in [0.05, 0.1) is 24.6 Å². The van der Waals surface area contributed by atoms with E-state index in [4.69, 9.17) is 10.00 Å². The monoisotopic (exact) mass is 288 g/mol. The number of aliphatic carboxylic acids is 1. The minimum atomic E-state index is -1.00. The maximum absolute atomic E-state index is 12.0. The van der Waals surface area contributed by atoms with Crippen LogP contribution in [0.3, 0.4) is 0 Å². The van der Waals surface area contributed by atoms with Crippen molar-refractivity contribution in [3.63, 3.8) is 0 Å². The Morgan fingerprint density at radius 3 is 2.81 bits per heavy atom. The lowest BCUT2D eigenvalue weighted by molar-refractivity contribution is -0.142. The quantitative estimate of drug-likeness (QED) is 0.908. The highest BCUT2D eigenvalue weighted by Gasteiger charge is 2.44. The van der Waals surface area contributed by atoms with Crippen molar-refractivity contribution in [3.05, 3.63) is 29.3 Å². The molecule has 0 bridgehead atoms. The van der Waals surface area contributed by atoms with E-state index in [0.717, 1.165) is 0 Å². The topological polar surface area (TPSA) is 90.6 Å². The van der Waals surface area contributed by atoms with Crippen LogP contribution in [0.25, 0.3) is 0 Å². The molecule has 6 nitrogen and oxygen atoms in total. The molecule has 1 amide bonds. The standard InChI is InChI=1S/C15H16N2O4/c1-3-17-13(18)7-11(15(19)20)14(17)9-4-5-12(21-2)10(6-9)8-16/h4-6,11,14H,3,7H2,1-2H3,(H,19,20). The summed E-state index contributed by atoms with van der Waals surface area (Å²) in [5.74, 6) is -1.54. The van der Waals surface area contributed by atoms with E-state index in [1.165, 1.54) is 7.11 Å². The smallest absolute Gasteiger partial charge is 0.309 e. The molecule has 0 saturated carbocycles. The van der Waals surface area contributed by atoms with Gasteiger partial charge in [0.25, 0.3) is 0 Å². The third-order valence-electron chi connectivity index (χ3n) is 3.78. The molecular formula is C15H16N2O4. The Balaban J connectivity index is 2.49. The van der Waals surface area contributed by atoms with Gasteiger partial charge in [0, 0.05) is 13.0 Å². The number of nitrogens with zero attached hydrogens (tertiary/aromatic N) is 2. The van der Waals surface area contributed by atoms with Crippen LogP contribution in [0.4, 0.5) is 0 Å². The van der Waals surface area contributed by atoms with Crippen LogP contribution in [0.1, 0.15) is 30.5 Å². The van der Waals surface area contributed by atoms with E-state index in [1.54, 1.807) is 23.1 Å². The van der Waals surface area contributed by atoms with Crippen LogP contribution in [-0.4, -0.2) is 35.5 Å². The third kappa shape index (κ3) is 2.55. The van der Waals surface area contributed by atoms with Crippen LogP contribution in [0.2, 0.25) is 0 Å². The number of carbonyl (C=O) groups excluding carboxylic acids is 1. The molecule has 1 aromatic rings. The van der Waals surface area contributed by atoms with E-state index >= 15 is 0 Å². The van der Waals surface area contributed by atoms with E-state index < -0.39 is 17.9 Å². The van der Waals surface area contributed by atoms with Crippen molar-refractivity contribution in [1.29, 1.82) is 5.26 Å². The fraction of sp³-hybridized carbons (Fsp3) is 0.400. The second-order valence-electron chi connectivity index (χ2n) is 4.84. The molecule has 21 heavy (non-hydrogen) atoms. The van der Waals surface area contributed by atoms with Crippen LogP contribution >= 0.6 is 0 Å². The first kappa shape index (κ1) is 14.9. The first-order valence-electron chi connectivity index (χ1n) is 6.63. The summed E-state index contributed by atoms with van der Waals surface area (Å²) in [5, 5.41) is 18.5. The summed E-state index contributed by atoms with van der Waals surface area (Å²) in [4.78, 5) is 24.9. The Hall–Kier alpha value is -2.55. The number of methoxy groups -OCH3 is 1. The summed E-state index contributed by atoms with van der Waals surface area (Å²) in [5.41, 5.74) is 0.974. The minimum Gasteiger partial charge on any atom is -0.495 e. The lowest BCUT2D eigenvalue weighted by Crippen LogP contribution is -2.30. The van der Waals surface area contributed by atoms with Gasteiger partial charge in [-0.1, -0.05) is 6.07 Å². The zero-order valence-electron chi connectivity index (χ0n) is 11.9. The number of ether oxygens (including phenoxy) is 1. The van der Waals surface area contributed by atoms with Crippen molar-refractivity contribution in [3.8, 4) is 11.8 Å². The van der Waals surface area contributed by atoms with Crippen LogP contribution in [0.15, 0.2) is 18.2 Å². The van der Waals surface area contributed by atoms with Crippen LogP contribution < -0.4 is 4.74 Å². The van der Waals surface area contributed by atoms with Crippen LogP contribution in [0, 0.1) is 17.2 Å². The van der Waals surface area contributed by atoms with Gasteiger partial charge in [0.2, 0.25) is 5.91 Å². The Labute approximate surface area is 122 Å². The number of nitriles is 1. The summed E-state index contributed by atoms with van der Waals surface area (Å²) in [6.45, 7) is 2.24. The zero-order valence-corrected chi connectivity index (χ0v) is 11.9. The molecule has 6 heteroatoms. The van der Waals surface area contributed by atoms with Crippen molar-refractivity contribution in [1.82, 2.24) is 4.90 Å². The Bertz CT molecular complexity index is 621. The van der Waals surface area contributed by atoms with E-state index in [0.29, 0.717) is 23.4 Å². The fourth-order valence-corrected chi connectivity index (χ4v) is 2.79. The first-order chi connectivity index (χ1) is 10.0. The van der Waals surface area contributed by atoms with Crippen LogP contribution in [0.5, 0.6) is 5.75 Å². The van der Waals surface area contributed by atoms with Gasteiger partial charge < -0.3 is 14.7 Å². The summed E-state index contributed by atoms with van der Waals surface area (Å²) in [7, 11) is 1.47. The second kappa shape index (κ2) is 5.83. The molecule has 1 aromatic carbocycles. The number of carbonyl (C=O) groups is 2. The number of benzene rings is 1. The maximum Gasteiger partial charge on any atom is 0.309 e. The number of carboxylic acid groups (broad SMARTS) is 1. The summed E-state index contributed by atoms with van der Waals surface area (Å²) >= 11 is 0. The Kier molecular flexibility index (Phi) is 4.13. The number of likely N-dealkylation sites (tertiary alicyclic amines) is 1. The average molecular weight is 288 g/mol. The molecule has 0 aromatic heterocycles. The number of rotatable bonds is 4. The number of hydrogen-bond donors (Lipinski definition) is 1. The minimum absolute atomic E-state index is 0.0121. The highest BCUT2D eigenvalue weighted by molar-refractivity contribution is 5.87. The Morgan fingerprint density at radius 1 is 1.57 bits per heavy atom. The van der Waals surface area contributed by atoms with Crippen molar-refractivity contribution in [2.24, 2.45) is 5.92 Å². The molecule has 0 radical (unpaired) electrons. The van der Waals surface area contributed by atoms with Gasteiger partial charge in [-0.3, -0.25) is 9.59 Å². The molecule has 1 aliphatic rings. The molecule has 2 atom stereocenters. The molecule has 1 heterocycles. The zero-order chi connectivity index (χ0) is 15.6. The second-order valence-corrected chi connectivity index (χ2v) is 4.84. The number of hydrogen-bond acceptors (Lipinski definition) is 4. The lowest BCUT2D eigenvalue weighted by atomic mass is 9.92. The van der Waals surface area contributed by atoms with Gasteiger partial charge in [0.1, 0.15) is 11.8 Å². The van der Waals surface area contributed by atoms with Gasteiger partial charge in [-0.25, -0.2) is 0 Å². The van der Waals surface area contributed by atoms with Gasteiger partial charge in [-0.15, -0.1) is 0 Å². The highest BCUT2D eigenvalue weighted by atomic mass is 16.5. The molecule has 1 N–H and O–H groups in total. The summed E-state index contributed by atoms with van der Waals surface area (Å²) < 4.78 is 5.08. The van der Waals surface area contributed by atoms with Gasteiger partial charge in [-0.2, -0.15) is 5.26 Å². The Morgan fingerprint density at radius 2 is 2.29 bits per heavy atom. The van der Waals surface area contributed by atoms with E-state index in [1.807, 2.05) is 13.0 Å². The van der Waals surface area contributed by atoms with Crippen molar-refractivity contribution >= 4 is 11.9 Å². The molecule has 2 rings (SSSR count). The molecule has 0 spiro atoms. The molecule has 0 aliphatic carbocycles. The normalized spacial score (nSPS) is 21.2. The summed E-state index contributed by atoms with van der Waals surface area (Å²) in [6, 6.07) is 6.42. The average Bonchev–Trinajstić information content (AvgIpc) is 2.83. The summed E-state index contributed by atoms with van der Waals surface area (Å²) in [6.07, 6.45) is -0.0121. The van der Waals surface area contributed by atoms with Crippen molar-refractivity contribution in [2.45, 2.75) is 19.4 Å². The maximum atomic E-state index is 12.0. The molecule has 2 unspecified atom stereocenters. The molecular weight excluding hydrogens is 272 g/mol. The SMILES string of the molecule is CCN1C(=O)CC(C(=O)O)C1c1ccc(OC)c(C#N)c1. The van der Waals surface area contributed by atoms with Gasteiger partial charge in [-0.05, 0) is 24.6 Å². The molecule has 110 valence electrons. The van der Waals surface area contributed by atoms with Gasteiger partial charge >= 0.3 is 5.97 Å². The molecule has 1 saturated heterocycles. The number of carboxylic acids is 1. The third-order valence-corrected chi connectivity index (χ3v) is 3.78. The van der Waals surface area contributed by atoms with Gasteiger partial charge in [0.15, 0.2) is 0 Å². The largest absolute Gasteiger partial charge is 0.495 e. The van der Waals surface area contributed by atoms with Crippen LogP contribution in [-0.2, 0) is 9.59 Å². The molecule has 1 aliphatic heterocycles. The highest BCUT2D eigenvalue weighted by Crippen LogP contribution is 2.39. The molecule has 1 fully saturated rings. The van der Waals surface area contributed by atoms with Crippen molar-refractivity contribution < 1.29 is 19.4 Å². The fourth-order valence-electron chi connectivity index (χ4n) is 2.79. The van der Waals surface area contributed by atoms with E-state index in [2.05, 4.69) is 0 Å². The predicted molar refractivity (Wildman–Crippen MR) is 73.6 cm³/mol. The first-order valence-corrected chi connectivity index (χ1v) is 6.63. The van der Waals surface area contributed by atoms with Crippen molar-refractivity contribution in [2.75, 3.05) is 13.7 Å².